The molecule has 1 heterocycles. The first kappa shape index (κ1) is 12.9. The van der Waals surface area contributed by atoms with E-state index < -0.39 is 0 Å². The predicted octanol–water partition coefficient (Wildman–Crippen LogP) is 1.71. The van der Waals surface area contributed by atoms with Crippen LogP contribution < -0.4 is 0 Å². The van der Waals surface area contributed by atoms with E-state index in [0.717, 1.165) is 18.4 Å². The number of hydrogen-bond donors (Lipinski definition) is 1. The summed E-state index contributed by atoms with van der Waals surface area (Å²) in [5.41, 5.74) is 0. The van der Waals surface area contributed by atoms with Crippen molar-refractivity contribution in [3.8, 4) is 0 Å². The molecule has 3 heteroatoms. The number of rotatable bonds is 5. The minimum absolute atomic E-state index is 0.352. The van der Waals surface area contributed by atoms with Crippen molar-refractivity contribution in [1.29, 1.82) is 0 Å². The van der Waals surface area contributed by atoms with E-state index in [-0.39, 0.29) is 0 Å². The molecule has 3 aliphatic rings. The van der Waals surface area contributed by atoms with Gasteiger partial charge in [-0.25, -0.2) is 0 Å². The smallest absolute Gasteiger partial charge is 0.0446 e. The molecule has 1 aliphatic heterocycles. The standard InChI is InChI=1S/C15H28N2O/c18-10-7-15-12-16(11-13-5-6-13)8-9-17(15)14-3-1-2-4-14/h13-15,18H,1-12H2/t15-/m0/s1. The Morgan fingerprint density at radius 3 is 2.44 bits per heavy atom. The topological polar surface area (TPSA) is 26.7 Å². The van der Waals surface area contributed by atoms with Crippen molar-refractivity contribution in [2.75, 3.05) is 32.8 Å². The molecular formula is C15H28N2O. The highest BCUT2D eigenvalue weighted by molar-refractivity contribution is 4.90. The lowest BCUT2D eigenvalue weighted by Crippen LogP contribution is -2.56. The molecule has 0 amide bonds. The van der Waals surface area contributed by atoms with Crippen LogP contribution in [-0.4, -0.2) is 59.8 Å². The molecule has 0 aromatic carbocycles. The molecule has 1 atom stereocenters. The maximum absolute atomic E-state index is 9.31. The molecule has 0 bridgehead atoms. The summed E-state index contributed by atoms with van der Waals surface area (Å²) in [6.07, 6.45) is 9.49. The quantitative estimate of drug-likeness (QED) is 0.807. The van der Waals surface area contributed by atoms with Crippen molar-refractivity contribution in [2.45, 2.75) is 57.0 Å². The Hall–Kier alpha value is -0.120. The van der Waals surface area contributed by atoms with Crippen LogP contribution in [-0.2, 0) is 0 Å². The Labute approximate surface area is 111 Å². The fourth-order valence-corrected chi connectivity index (χ4v) is 3.89. The van der Waals surface area contributed by atoms with Crippen molar-refractivity contribution in [1.82, 2.24) is 9.80 Å². The average Bonchev–Trinajstić information content (AvgIpc) is 3.02. The van der Waals surface area contributed by atoms with E-state index in [2.05, 4.69) is 9.80 Å². The van der Waals surface area contributed by atoms with Crippen LogP contribution in [0.2, 0.25) is 0 Å². The average molecular weight is 252 g/mol. The van der Waals surface area contributed by atoms with Gasteiger partial charge in [-0.05, 0) is 38.0 Å². The highest BCUT2D eigenvalue weighted by atomic mass is 16.3. The molecule has 3 nitrogen and oxygen atoms in total. The predicted molar refractivity (Wildman–Crippen MR) is 73.6 cm³/mol. The molecular weight excluding hydrogens is 224 g/mol. The molecule has 104 valence electrons. The van der Waals surface area contributed by atoms with Gasteiger partial charge in [0.1, 0.15) is 0 Å². The van der Waals surface area contributed by atoms with Gasteiger partial charge in [0.25, 0.3) is 0 Å². The summed E-state index contributed by atoms with van der Waals surface area (Å²) in [6.45, 7) is 5.37. The number of nitrogens with zero attached hydrogens (tertiary/aromatic N) is 2. The van der Waals surface area contributed by atoms with Gasteiger partial charge in [-0.3, -0.25) is 4.90 Å². The van der Waals surface area contributed by atoms with Crippen molar-refractivity contribution < 1.29 is 5.11 Å². The van der Waals surface area contributed by atoms with E-state index in [1.165, 1.54) is 64.7 Å². The van der Waals surface area contributed by atoms with Gasteiger partial charge in [-0.15, -0.1) is 0 Å². The van der Waals surface area contributed by atoms with Gasteiger partial charge in [-0.2, -0.15) is 0 Å². The first-order chi connectivity index (χ1) is 8.86. The maximum Gasteiger partial charge on any atom is 0.0446 e. The second-order valence-electron chi connectivity index (χ2n) is 6.55. The van der Waals surface area contributed by atoms with Gasteiger partial charge >= 0.3 is 0 Å². The zero-order valence-corrected chi connectivity index (χ0v) is 11.6. The van der Waals surface area contributed by atoms with Crippen LogP contribution in [0.15, 0.2) is 0 Å². The minimum Gasteiger partial charge on any atom is -0.396 e. The van der Waals surface area contributed by atoms with E-state index >= 15 is 0 Å². The van der Waals surface area contributed by atoms with E-state index in [4.69, 9.17) is 0 Å². The van der Waals surface area contributed by atoms with Crippen molar-refractivity contribution in [3.63, 3.8) is 0 Å². The largest absolute Gasteiger partial charge is 0.396 e. The molecule has 2 saturated carbocycles. The lowest BCUT2D eigenvalue weighted by Gasteiger charge is -2.44. The van der Waals surface area contributed by atoms with E-state index in [9.17, 15) is 5.11 Å². The molecule has 0 unspecified atom stereocenters. The van der Waals surface area contributed by atoms with Crippen LogP contribution >= 0.6 is 0 Å². The van der Waals surface area contributed by atoms with Crippen LogP contribution in [0.3, 0.4) is 0 Å². The molecule has 3 rings (SSSR count). The second-order valence-corrected chi connectivity index (χ2v) is 6.55. The molecule has 18 heavy (non-hydrogen) atoms. The number of piperazine rings is 1. The van der Waals surface area contributed by atoms with Crippen LogP contribution in [0, 0.1) is 5.92 Å². The van der Waals surface area contributed by atoms with Crippen molar-refractivity contribution in [2.24, 2.45) is 5.92 Å². The molecule has 1 N–H and O–H groups in total. The van der Waals surface area contributed by atoms with Crippen molar-refractivity contribution in [3.05, 3.63) is 0 Å². The summed E-state index contributed by atoms with van der Waals surface area (Å²) in [5.74, 6) is 0.998. The van der Waals surface area contributed by atoms with Crippen LogP contribution in [0.25, 0.3) is 0 Å². The number of aliphatic hydroxyl groups excluding tert-OH is 1. The van der Waals surface area contributed by atoms with Gasteiger partial charge in [0.2, 0.25) is 0 Å². The first-order valence-electron chi connectivity index (χ1n) is 7.96. The summed E-state index contributed by atoms with van der Waals surface area (Å²) >= 11 is 0. The maximum atomic E-state index is 9.31. The van der Waals surface area contributed by atoms with E-state index in [0.29, 0.717) is 12.6 Å². The number of aliphatic hydroxyl groups is 1. The summed E-state index contributed by atoms with van der Waals surface area (Å²) in [5, 5.41) is 9.31. The Bertz CT molecular complexity index is 261. The van der Waals surface area contributed by atoms with Crippen molar-refractivity contribution >= 4 is 0 Å². The SMILES string of the molecule is OCC[C@H]1CN(CC2CC2)CCN1C1CCCC1. The fourth-order valence-electron chi connectivity index (χ4n) is 3.89. The lowest BCUT2D eigenvalue weighted by molar-refractivity contribution is 0.0282. The third-order valence-corrected chi connectivity index (χ3v) is 5.08. The first-order valence-corrected chi connectivity index (χ1v) is 7.96. The van der Waals surface area contributed by atoms with Gasteiger partial charge in [0.05, 0.1) is 0 Å². The van der Waals surface area contributed by atoms with Gasteiger partial charge < -0.3 is 10.0 Å². The Morgan fingerprint density at radius 2 is 1.78 bits per heavy atom. The molecule has 0 spiro atoms. The molecule has 3 fully saturated rings. The Morgan fingerprint density at radius 1 is 1.00 bits per heavy atom. The third-order valence-electron chi connectivity index (χ3n) is 5.08. The molecule has 0 aromatic rings. The Kier molecular flexibility index (Phi) is 4.22. The van der Waals surface area contributed by atoms with E-state index in [1.807, 2.05) is 0 Å². The zero-order chi connectivity index (χ0) is 12.4. The zero-order valence-electron chi connectivity index (χ0n) is 11.6. The summed E-state index contributed by atoms with van der Waals surface area (Å²) < 4.78 is 0. The fraction of sp³-hybridized carbons (Fsp3) is 1.00. The summed E-state index contributed by atoms with van der Waals surface area (Å²) in [6, 6.07) is 1.44. The van der Waals surface area contributed by atoms with E-state index in [1.54, 1.807) is 0 Å². The van der Waals surface area contributed by atoms with Gasteiger partial charge in [-0.1, -0.05) is 12.8 Å². The minimum atomic E-state index is 0.352. The third kappa shape index (κ3) is 3.06. The second kappa shape index (κ2) is 5.89. The highest BCUT2D eigenvalue weighted by Gasteiger charge is 2.34. The lowest BCUT2D eigenvalue weighted by atomic mass is 10.0. The summed E-state index contributed by atoms with van der Waals surface area (Å²) in [4.78, 5) is 5.38. The molecule has 0 aromatic heterocycles. The van der Waals surface area contributed by atoms with Crippen LogP contribution in [0.1, 0.15) is 44.9 Å². The van der Waals surface area contributed by atoms with Crippen LogP contribution in [0.4, 0.5) is 0 Å². The Balaban J connectivity index is 1.56. The summed E-state index contributed by atoms with van der Waals surface area (Å²) in [7, 11) is 0. The molecule has 1 saturated heterocycles. The monoisotopic (exact) mass is 252 g/mol. The molecule has 0 radical (unpaired) electrons. The number of hydrogen-bond acceptors (Lipinski definition) is 3. The highest BCUT2D eigenvalue weighted by Crippen LogP contribution is 2.32. The molecule has 2 aliphatic carbocycles. The van der Waals surface area contributed by atoms with Gasteiger partial charge in [0, 0.05) is 44.9 Å². The van der Waals surface area contributed by atoms with Crippen LogP contribution in [0.5, 0.6) is 0 Å². The van der Waals surface area contributed by atoms with Gasteiger partial charge in [0.15, 0.2) is 0 Å². The normalized spacial score (nSPS) is 32.2.